The summed E-state index contributed by atoms with van der Waals surface area (Å²) in [5.74, 6) is 0.800. The third kappa shape index (κ3) is 4.41. The van der Waals surface area contributed by atoms with Gasteiger partial charge in [0.05, 0.1) is 24.3 Å². The largest absolute Gasteiger partial charge is 0.496 e. The maximum atomic E-state index is 13.4. The Hall–Kier alpha value is -3.33. The molecule has 6 heteroatoms. The van der Waals surface area contributed by atoms with Crippen LogP contribution in [-0.4, -0.2) is 36.4 Å². The van der Waals surface area contributed by atoms with Crippen LogP contribution in [0.1, 0.15) is 64.8 Å². The van der Waals surface area contributed by atoms with Crippen molar-refractivity contribution in [3.63, 3.8) is 0 Å². The monoisotopic (exact) mass is 417 g/mol. The zero-order valence-electron chi connectivity index (χ0n) is 17.8. The number of hydrogen-bond acceptors (Lipinski definition) is 4. The minimum Gasteiger partial charge on any atom is -0.496 e. The van der Waals surface area contributed by atoms with Crippen molar-refractivity contribution in [3.8, 4) is 11.8 Å². The molecular formula is C25H27N3O3. The second-order valence-corrected chi connectivity index (χ2v) is 8.31. The lowest BCUT2D eigenvalue weighted by Crippen LogP contribution is -2.49. The van der Waals surface area contributed by atoms with E-state index in [1.54, 1.807) is 42.5 Å². The van der Waals surface area contributed by atoms with Crippen LogP contribution in [0.15, 0.2) is 42.5 Å². The molecule has 31 heavy (non-hydrogen) atoms. The Morgan fingerprint density at radius 3 is 2.55 bits per heavy atom. The van der Waals surface area contributed by atoms with Crippen molar-refractivity contribution in [1.29, 1.82) is 5.26 Å². The number of hydrogen-bond donors (Lipinski definition) is 1. The molecule has 4 rings (SSSR count). The number of carbonyl (C=O) groups excluding carboxylic acids is 2. The van der Waals surface area contributed by atoms with Crippen molar-refractivity contribution in [2.75, 3.05) is 19.0 Å². The first-order chi connectivity index (χ1) is 15.1. The molecule has 1 aliphatic carbocycles. The molecule has 0 unspecified atom stereocenters. The zero-order valence-corrected chi connectivity index (χ0v) is 17.8. The van der Waals surface area contributed by atoms with E-state index in [4.69, 9.17) is 10.00 Å². The highest BCUT2D eigenvalue weighted by Gasteiger charge is 2.36. The summed E-state index contributed by atoms with van der Waals surface area (Å²) in [5, 5.41) is 11.7. The van der Waals surface area contributed by atoms with E-state index in [0.717, 1.165) is 19.4 Å². The molecule has 0 radical (unpaired) electrons. The quantitative estimate of drug-likeness (QED) is 0.787. The van der Waals surface area contributed by atoms with Crippen LogP contribution in [0.3, 0.4) is 0 Å². The van der Waals surface area contributed by atoms with E-state index in [0.29, 0.717) is 40.1 Å². The number of likely N-dealkylation sites (tertiary alicyclic amines) is 1. The molecule has 2 atom stereocenters. The molecule has 2 aromatic rings. The van der Waals surface area contributed by atoms with Gasteiger partial charge in [0.15, 0.2) is 0 Å². The molecule has 0 spiro atoms. The standard InChI is InChI=1S/C25H27N3O3/c1-31-23-15-20(27-24(29)19-10-8-17(16-26)9-11-19)12-13-21(23)25(30)28-14-4-6-18-5-2-3-7-22(18)28/h8-13,15,18,22H,2-7,14H2,1H3,(H,27,29)/t18-,22-/m0/s1. The Bertz CT molecular complexity index is 1010. The van der Waals surface area contributed by atoms with Gasteiger partial charge in [-0.2, -0.15) is 5.26 Å². The second-order valence-electron chi connectivity index (χ2n) is 8.31. The number of nitrogens with one attached hydrogen (secondary N) is 1. The Labute approximate surface area is 182 Å². The summed E-state index contributed by atoms with van der Waals surface area (Å²) in [4.78, 5) is 28.0. The molecule has 1 saturated heterocycles. The number of anilines is 1. The van der Waals surface area contributed by atoms with Gasteiger partial charge in [-0.3, -0.25) is 9.59 Å². The van der Waals surface area contributed by atoms with Crippen molar-refractivity contribution >= 4 is 17.5 Å². The zero-order chi connectivity index (χ0) is 21.8. The smallest absolute Gasteiger partial charge is 0.257 e. The number of piperidine rings is 1. The number of nitrogens with zero attached hydrogens (tertiary/aromatic N) is 2. The molecular weight excluding hydrogens is 390 g/mol. The lowest BCUT2D eigenvalue weighted by Gasteiger charge is -2.44. The van der Waals surface area contributed by atoms with Crippen LogP contribution in [0, 0.1) is 17.2 Å². The molecule has 2 aliphatic rings. The van der Waals surface area contributed by atoms with Crippen molar-refractivity contribution in [3.05, 3.63) is 59.2 Å². The minimum absolute atomic E-state index is 0.0124. The first-order valence-electron chi connectivity index (χ1n) is 10.9. The Kier molecular flexibility index (Phi) is 6.22. The van der Waals surface area contributed by atoms with Crippen molar-refractivity contribution in [2.24, 2.45) is 5.92 Å². The van der Waals surface area contributed by atoms with Gasteiger partial charge in [-0.15, -0.1) is 0 Å². The molecule has 1 heterocycles. The van der Waals surface area contributed by atoms with Gasteiger partial charge in [0, 0.05) is 29.9 Å². The van der Waals surface area contributed by atoms with Crippen molar-refractivity contribution in [1.82, 2.24) is 4.90 Å². The Morgan fingerprint density at radius 2 is 1.81 bits per heavy atom. The summed E-state index contributed by atoms with van der Waals surface area (Å²) < 4.78 is 5.52. The van der Waals surface area contributed by atoms with E-state index in [9.17, 15) is 9.59 Å². The van der Waals surface area contributed by atoms with Crippen LogP contribution in [0.25, 0.3) is 0 Å². The average molecular weight is 418 g/mol. The second kappa shape index (κ2) is 9.22. The maximum absolute atomic E-state index is 13.4. The molecule has 2 fully saturated rings. The summed E-state index contributed by atoms with van der Waals surface area (Å²) in [6.07, 6.45) is 7.01. The van der Waals surface area contributed by atoms with Gasteiger partial charge in [-0.05, 0) is 68.0 Å². The number of fused-ring (bicyclic) bond motifs is 1. The molecule has 2 amide bonds. The first-order valence-corrected chi connectivity index (χ1v) is 10.9. The van der Waals surface area contributed by atoms with E-state index < -0.39 is 0 Å². The predicted octanol–water partition coefficient (Wildman–Crippen LogP) is 4.61. The number of amides is 2. The summed E-state index contributed by atoms with van der Waals surface area (Å²) >= 11 is 0. The van der Waals surface area contributed by atoms with Crippen LogP contribution < -0.4 is 10.1 Å². The third-order valence-electron chi connectivity index (χ3n) is 6.47. The number of nitriles is 1. The molecule has 1 N–H and O–H groups in total. The summed E-state index contributed by atoms with van der Waals surface area (Å²) in [5.41, 5.74) is 2.04. The summed E-state index contributed by atoms with van der Waals surface area (Å²) in [7, 11) is 1.54. The van der Waals surface area contributed by atoms with Gasteiger partial charge in [0.1, 0.15) is 5.75 Å². The molecule has 0 bridgehead atoms. The number of carbonyl (C=O) groups is 2. The molecule has 0 aromatic heterocycles. The lowest BCUT2D eigenvalue weighted by atomic mass is 9.78. The van der Waals surface area contributed by atoms with Crippen LogP contribution in [0.2, 0.25) is 0 Å². The lowest BCUT2D eigenvalue weighted by molar-refractivity contribution is 0.0388. The highest BCUT2D eigenvalue weighted by molar-refractivity contribution is 6.05. The van der Waals surface area contributed by atoms with Gasteiger partial charge >= 0.3 is 0 Å². The van der Waals surface area contributed by atoms with E-state index in [1.807, 2.05) is 11.0 Å². The number of benzene rings is 2. The van der Waals surface area contributed by atoms with E-state index in [1.165, 1.54) is 32.8 Å². The number of ether oxygens (including phenoxy) is 1. The third-order valence-corrected chi connectivity index (χ3v) is 6.47. The average Bonchev–Trinajstić information content (AvgIpc) is 2.83. The van der Waals surface area contributed by atoms with Gasteiger partial charge < -0.3 is 15.0 Å². The number of methoxy groups -OCH3 is 1. The van der Waals surface area contributed by atoms with Gasteiger partial charge in [-0.1, -0.05) is 12.8 Å². The summed E-state index contributed by atoms with van der Waals surface area (Å²) in [6, 6.07) is 14.0. The van der Waals surface area contributed by atoms with Crippen LogP contribution in [0.5, 0.6) is 5.75 Å². The number of rotatable bonds is 4. The predicted molar refractivity (Wildman–Crippen MR) is 118 cm³/mol. The summed E-state index contributed by atoms with van der Waals surface area (Å²) in [6.45, 7) is 0.792. The van der Waals surface area contributed by atoms with Crippen LogP contribution >= 0.6 is 0 Å². The minimum atomic E-state index is -0.285. The highest BCUT2D eigenvalue weighted by atomic mass is 16.5. The SMILES string of the molecule is COc1cc(NC(=O)c2ccc(C#N)cc2)ccc1C(=O)N1CCC[C@@H]2CCCC[C@@H]21. The Morgan fingerprint density at radius 1 is 1.06 bits per heavy atom. The molecule has 1 aliphatic heterocycles. The van der Waals surface area contributed by atoms with Crippen LogP contribution in [-0.2, 0) is 0 Å². The highest BCUT2D eigenvalue weighted by Crippen LogP contribution is 2.37. The molecule has 1 saturated carbocycles. The fourth-order valence-corrected chi connectivity index (χ4v) is 4.88. The van der Waals surface area contributed by atoms with Crippen LogP contribution in [0.4, 0.5) is 5.69 Å². The van der Waals surface area contributed by atoms with E-state index >= 15 is 0 Å². The van der Waals surface area contributed by atoms with Gasteiger partial charge in [0.2, 0.25) is 0 Å². The molecule has 6 nitrogen and oxygen atoms in total. The van der Waals surface area contributed by atoms with Gasteiger partial charge in [-0.25, -0.2) is 0 Å². The normalized spacial score (nSPS) is 20.3. The first kappa shape index (κ1) is 20.9. The molecule has 160 valence electrons. The fourth-order valence-electron chi connectivity index (χ4n) is 4.88. The maximum Gasteiger partial charge on any atom is 0.257 e. The van der Waals surface area contributed by atoms with E-state index in [2.05, 4.69) is 5.32 Å². The van der Waals surface area contributed by atoms with E-state index in [-0.39, 0.29) is 11.8 Å². The molecule has 2 aromatic carbocycles. The van der Waals surface area contributed by atoms with Gasteiger partial charge in [0.25, 0.3) is 11.8 Å². The van der Waals surface area contributed by atoms with Crippen molar-refractivity contribution in [2.45, 2.75) is 44.6 Å². The fraction of sp³-hybridized carbons (Fsp3) is 0.400. The topological polar surface area (TPSA) is 82.4 Å². The van der Waals surface area contributed by atoms with Crippen molar-refractivity contribution < 1.29 is 14.3 Å². The Balaban J connectivity index is 1.51.